The fraction of sp³-hybridized carbons (Fsp3) is 0.0192. The van der Waals surface area contributed by atoms with Gasteiger partial charge in [-0.25, -0.2) is 15.0 Å². The van der Waals surface area contributed by atoms with Crippen molar-refractivity contribution >= 4 is 70.4 Å². The van der Waals surface area contributed by atoms with E-state index in [1.165, 1.54) is 36.6 Å². The van der Waals surface area contributed by atoms with Gasteiger partial charge in [-0.15, -0.1) is 11.3 Å². The second-order valence-corrected chi connectivity index (χ2v) is 15.6. The van der Waals surface area contributed by atoms with Gasteiger partial charge in [-0.3, -0.25) is 0 Å². The van der Waals surface area contributed by atoms with Gasteiger partial charge < -0.3 is 8.98 Å². The predicted octanol–water partition coefficient (Wildman–Crippen LogP) is 14.3. The third-order valence-corrected chi connectivity index (χ3v) is 12.2. The summed E-state index contributed by atoms with van der Waals surface area (Å²) in [4.78, 5) is 14.8. The molecule has 0 unspecified atom stereocenters. The Morgan fingerprint density at radius 3 is 1.79 bits per heavy atom. The van der Waals surface area contributed by atoms with E-state index in [1.54, 1.807) is 11.3 Å². The van der Waals surface area contributed by atoms with Crippen LogP contribution in [0.4, 0.5) is 0 Å². The highest BCUT2D eigenvalue weighted by atomic mass is 32.1. The lowest BCUT2D eigenvalue weighted by molar-refractivity contribution is 0.669. The highest BCUT2D eigenvalue weighted by Crippen LogP contribution is 2.40. The molecule has 0 spiro atoms. The molecule has 11 aromatic rings. The van der Waals surface area contributed by atoms with E-state index >= 15 is 0 Å². The zero-order chi connectivity index (χ0) is 38.7. The molecule has 7 aromatic carbocycles. The number of hydrogen-bond donors (Lipinski definition) is 0. The van der Waals surface area contributed by atoms with Crippen molar-refractivity contribution in [2.45, 2.75) is 6.92 Å². The first-order valence-electron chi connectivity index (χ1n) is 19.3. The second kappa shape index (κ2) is 13.7. The van der Waals surface area contributed by atoms with E-state index in [-0.39, 0.29) is 0 Å². The van der Waals surface area contributed by atoms with Gasteiger partial charge in [-0.05, 0) is 78.2 Å². The van der Waals surface area contributed by atoms with Crippen LogP contribution in [0.1, 0.15) is 11.3 Å². The number of nitrogens with zero attached hydrogens (tertiary/aromatic N) is 4. The number of rotatable bonds is 7. The summed E-state index contributed by atoms with van der Waals surface area (Å²) in [6.07, 6.45) is 5.96. The first-order chi connectivity index (χ1) is 28.6. The molecule has 4 aromatic heterocycles. The summed E-state index contributed by atoms with van der Waals surface area (Å²) in [5, 5.41) is 5.87. The van der Waals surface area contributed by atoms with Gasteiger partial charge in [0.25, 0.3) is 0 Å². The molecule has 0 saturated carbocycles. The molecule has 6 heteroatoms. The van der Waals surface area contributed by atoms with Gasteiger partial charge in [-0.1, -0.05) is 128 Å². The van der Waals surface area contributed by atoms with Gasteiger partial charge in [0.2, 0.25) is 0 Å². The van der Waals surface area contributed by atoms with Gasteiger partial charge in [0, 0.05) is 64.4 Å². The maximum absolute atomic E-state index is 6.51. The summed E-state index contributed by atoms with van der Waals surface area (Å²) in [7, 11) is 0. The van der Waals surface area contributed by atoms with Crippen molar-refractivity contribution in [3.05, 3.63) is 188 Å². The van der Waals surface area contributed by atoms with E-state index in [0.29, 0.717) is 17.5 Å². The summed E-state index contributed by atoms with van der Waals surface area (Å²) in [5.74, 6) is 1.96. The van der Waals surface area contributed by atoms with Crippen LogP contribution >= 0.6 is 11.3 Å². The Morgan fingerprint density at radius 1 is 0.517 bits per heavy atom. The van der Waals surface area contributed by atoms with Crippen LogP contribution in [-0.2, 0) is 0 Å². The zero-order valence-electron chi connectivity index (χ0n) is 31.6. The molecule has 0 aliphatic heterocycles. The number of benzene rings is 7. The van der Waals surface area contributed by atoms with Crippen LogP contribution in [0.25, 0.3) is 110 Å². The largest absolute Gasteiger partial charge is 0.456 e. The molecule has 5 nitrogen and oxygen atoms in total. The standard InChI is InChI=1S/C52H34N4OS/c1-3-4-18-44-32(2)39-17-11-12-19-45(39)56(44)38-23-27-46-43(31-38)40-24-20-35(28-47(40)57-46)36-21-25-41-42-26-22-37(30-49(42)58-48(41)29-36)52-54-50(33-13-7-5-8-14-33)53-51(55-52)34-15-9-6-10-16-34/h3-31H,1H2,2H3/b18-4-. The molecule has 0 aliphatic carbocycles. The van der Waals surface area contributed by atoms with Crippen molar-refractivity contribution in [1.29, 1.82) is 0 Å². The van der Waals surface area contributed by atoms with Crippen molar-refractivity contribution in [2.24, 2.45) is 0 Å². The van der Waals surface area contributed by atoms with Crippen molar-refractivity contribution < 1.29 is 4.42 Å². The number of para-hydroxylation sites is 1. The number of thiophene rings is 1. The number of furan rings is 1. The Balaban J connectivity index is 0.963. The molecule has 0 fully saturated rings. The summed E-state index contributed by atoms with van der Waals surface area (Å²) in [6.45, 7) is 6.09. The smallest absolute Gasteiger partial charge is 0.164 e. The Kier molecular flexibility index (Phi) is 7.98. The topological polar surface area (TPSA) is 56.7 Å². The number of aryl methyl sites for hydroxylation is 1. The summed E-state index contributed by atoms with van der Waals surface area (Å²) in [6, 6.07) is 55.1. The Bertz CT molecular complexity index is 3370. The van der Waals surface area contributed by atoms with Crippen molar-refractivity contribution in [2.75, 3.05) is 0 Å². The molecular weight excluding hydrogens is 729 g/mol. The Morgan fingerprint density at radius 2 is 1.10 bits per heavy atom. The fourth-order valence-corrected chi connectivity index (χ4v) is 9.36. The lowest BCUT2D eigenvalue weighted by atomic mass is 10.0. The molecule has 0 aliphatic rings. The van der Waals surface area contributed by atoms with Gasteiger partial charge in [0.15, 0.2) is 17.5 Å². The van der Waals surface area contributed by atoms with Gasteiger partial charge in [0.05, 0.1) is 5.52 Å². The average molecular weight is 763 g/mol. The third-order valence-electron chi connectivity index (χ3n) is 11.0. The number of allylic oxidation sites excluding steroid dienone is 2. The third kappa shape index (κ3) is 5.65. The Labute approximate surface area is 338 Å². The minimum absolute atomic E-state index is 0.654. The predicted molar refractivity (Wildman–Crippen MR) is 243 cm³/mol. The molecule has 0 saturated heterocycles. The average Bonchev–Trinajstić information content (AvgIpc) is 3.93. The fourth-order valence-electron chi connectivity index (χ4n) is 8.18. The molecule has 11 rings (SSSR count). The quantitative estimate of drug-likeness (QED) is 0.152. The molecule has 58 heavy (non-hydrogen) atoms. The van der Waals surface area contributed by atoms with E-state index in [4.69, 9.17) is 19.4 Å². The highest BCUT2D eigenvalue weighted by Gasteiger charge is 2.18. The molecule has 0 atom stereocenters. The molecule has 274 valence electrons. The van der Waals surface area contributed by atoms with Crippen LogP contribution in [-0.4, -0.2) is 19.5 Å². The lowest BCUT2D eigenvalue weighted by Crippen LogP contribution is -1.99. The summed E-state index contributed by atoms with van der Waals surface area (Å²) in [5.41, 5.74) is 11.5. The number of hydrogen-bond acceptors (Lipinski definition) is 5. The van der Waals surface area contributed by atoms with E-state index in [2.05, 4.69) is 121 Å². The first-order valence-corrected chi connectivity index (χ1v) is 20.1. The molecule has 0 N–H and O–H groups in total. The minimum Gasteiger partial charge on any atom is -0.456 e. The van der Waals surface area contributed by atoms with Gasteiger partial charge in [0.1, 0.15) is 11.2 Å². The molecule has 0 radical (unpaired) electrons. The monoisotopic (exact) mass is 762 g/mol. The summed E-state index contributed by atoms with van der Waals surface area (Å²) < 4.78 is 11.2. The van der Waals surface area contributed by atoms with Crippen LogP contribution in [0.3, 0.4) is 0 Å². The van der Waals surface area contributed by atoms with Crippen molar-refractivity contribution in [1.82, 2.24) is 19.5 Å². The number of fused-ring (bicyclic) bond motifs is 7. The first kappa shape index (κ1) is 33.9. The van der Waals surface area contributed by atoms with Crippen LogP contribution in [0.15, 0.2) is 181 Å². The lowest BCUT2D eigenvalue weighted by Gasteiger charge is -2.09. The van der Waals surface area contributed by atoms with E-state index in [0.717, 1.165) is 61.1 Å². The molecule has 0 amide bonds. The molecule has 4 heterocycles. The second-order valence-electron chi connectivity index (χ2n) is 14.5. The van der Waals surface area contributed by atoms with Crippen LogP contribution in [0.2, 0.25) is 0 Å². The number of aromatic nitrogens is 4. The van der Waals surface area contributed by atoms with E-state index in [1.807, 2.05) is 72.8 Å². The van der Waals surface area contributed by atoms with Gasteiger partial charge in [-0.2, -0.15) is 0 Å². The van der Waals surface area contributed by atoms with Crippen molar-refractivity contribution in [3.8, 4) is 51.0 Å². The Hall–Kier alpha value is -7.41. The van der Waals surface area contributed by atoms with E-state index < -0.39 is 0 Å². The van der Waals surface area contributed by atoms with Crippen LogP contribution < -0.4 is 0 Å². The maximum atomic E-state index is 6.51. The highest BCUT2D eigenvalue weighted by molar-refractivity contribution is 7.25. The van der Waals surface area contributed by atoms with Crippen LogP contribution in [0, 0.1) is 6.92 Å². The minimum atomic E-state index is 0.654. The van der Waals surface area contributed by atoms with Gasteiger partial charge >= 0.3 is 0 Å². The molecule has 0 bridgehead atoms. The SMILES string of the molecule is C=C/C=C\c1c(C)c2ccccc2n1-c1ccc2oc3cc(-c4ccc5c(c4)sc4cc(-c6nc(-c7ccccc7)nc(-c7ccccc7)n6)ccc45)ccc3c2c1. The van der Waals surface area contributed by atoms with Crippen molar-refractivity contribution in [3.63, 3.8) is 0 Å². The van der Waals surface area contributed by atoms with E-state index in [9.17, 15) is 0 Å². The maximum Gasteiger partial charge on any atom is 0.164 e. The molecular formula is C52H34N4OS. The normalized spacial score (nSPS) is 11.9. The zero-order valence-corrected chi connectivity index (χ0v) is 32.4. The summed E-state index contributed by atoms with van der Waals surface area (Å²) >= 11 is 1.79. The van der Waals surface area contributed by atoms with Crippen LogP contribution in [0.5, 0.6) is 0 Å².